The second kappa shape index (κ2) is 5.28. The molecule has 1 aliphatic heterocycles. The second-order valence-electron chi connectivity index (χ2n) is 4.52. The van der Waals surface area contributed by atoms with Crippen molar-refractivity contribution in [3.63, 3.8) is 0 Å². The van der Waals surface area contributed by atoms with Crippen LogP contribution in [0.15, 0.2) is 12.3 Å². The third-order valence-corrected chi connectivity index (χ3v) is 3.05. The molecule has 18 heavy (non-hydrogen) atoms. The van der Waals surface area contributed by atoms with Gasteiger partial charge in [-0.15, -0.1) is 0 Å². The van der Waals surface area contributed by atoms with Crippen molar-refractivity contribution in [2.75, 3.05) is 38.7 Å². The van der Waals surface area contributed by atoms with Gasteiger partial charge in [-0.3, -0.25) is 10.1 Å². The number of pyridine rings is 1. The molecule has 1 N–H and O–H groups in total. The maximum atomic E-state index is 10.8. The van der Waals surface area contributed by atoms with E-state index in [9.17, 15) is 10.1 Å². The Balaban J connectivity index is 2.05. The van der Waals surface area contributed by atoms with Gasteiger partial charge in [0.2, 0.25) is 0 Å². The van der Waals surface area contributed by atoms with Gasteiger partial charge in [-0.1, -0.05) is 0 Å². The summed E-state index contributed by atoms with van der Waals surface area (Å²) in [5.41, 5.74) is 3.79. The average molecular weight is 251 g/mol. The molecule has 7 nitrogen and oxygen atoms in total. The van der Waals surface area contributed by atoms with E-state index in [0.717, 1.165) is 26.2 Å². The summed E-state index contributed by atoms with van der Waals surface area (Å²) < 4.78 is 0. The minimum atomic E-state index is -0.383. The predicted molar refractivity (Wildman–Crippen MR) is 68.3 cm³/mol. The molecular formula is C11H17N5O2. The SMILES string of the molecule is Cc1cnc(NN2CCN(C)CC2)cc1[N+](=O)[O-]. The minimum absolute atomic E-state index is 0.0987. The first-order valence-corrected chi connectivity index (χ1v) is 5.87. The molecule has 0 atom stereocenters. The van der Waals surface area contributed by atoms with Crippen LogP contribution in [0, 0.1) is 17.0 Å². The normalized spacial score (nSPS) is 17.7. The van der Waals surface area contributed by atoms with Crippen LogP contribution >= 0.6 is 0 Å². The lowest BCUT2D eigenvalue weighted by Crippen LogP contribution is -2.47. The maximum absolute atomic E-state index is 10.8. The van der Waals surface area contributed by atoms with Crippen LogP contribution in [0.2, 0.25) is 0 Å². The van der Waals surface area contributed by atoms with Gasteiger partial charge in [0.1, 0.15) is 5.82 Å². The number of piperazine rings is 1. The maximum Gasteiger partial charge on any atom is 0.277 e. The number of anilines is 1. The molecule has 2 rings (SSSR count). The van der Waals surface area contributed by atoms with Gasteiger partial charge in [0.15, 0.2) is 0 Å². The van der Waals surface area contributed by atoms with E-state index in [0.29, 0.717) is 11.4 Å². The summed E-state index contributed by atoms with van der Waals surface area (Å²) in [5.74, 6) is 0.525. The molecule has 1 aromatic heterocycles. The highest BCUT2D eigenvalue weighted by Crippen LogP contribution is 2.20. The Bertz CT molecular complexity index is 443. The molecule has 1 aliphatic rings. The van der Waals surface area contributed by atoms with Gasteiger partial charge >= 0.3 is 0 Å². The molecule has 1 aromatic rings. The minimum Gasteiger partial charge on any atom is -0.304 e. The molecule has 2 heterocycles. The number of rotatable bonds is 3. The number of hydrazine groups is 1. The fourth-order valence-electron chi connectivity index (χ4n) is 1.85. The topological polar surface area (TPSA) is 74.5 Å². The number of hydrogen-bond donors (Lipinski definition) is 1. The monoisotopic (exact) mass is 251 g/mol. The summed E-state index contributed by atoms with van der Waals surface area (Å²) >= 11 is 0. The van der Waals surface area contributed by atoms with Crippen LogP contribution in [0.1, 0.15) is 5.56 Å². The van der Waals surface area contributed by atoms with Crippen molar-refractivity contribution in [2.45, 2.75) is 6.92 Å². The number of likely N-dealkylation sites (N-methyl/N-ethyl adjacent to an activating group) is 1. The van der Waals surface area contributed by atoms with Gasteiger partial charge in [-0.05, 0) is 14.0 Å². The van der Waals surface area contributed by atoms with Gasteiger partial charge in [0.25, 0.3) is 5.69 Å². The van der Waals surface area contributed by atoms with Crippen LogP contribution < -0.4 is 5.43 Å². The lowest BCUT2D eigenvalue weighted by Gasteiger charge is -2.32. The molecular weight excluding hydrogens is 234 g/mol. The van der Waals surface area contributed by atoms with Crippen LogP contribution in [0.3, 0.4) is 0 Å². The van der Waals surface area contributed by atoms with Gasteiger partial charge < -0.3 is 10.3 Å². The molecule has 1 saturated heterocycles. The number of aromatic nitrogens is 1. The lowest BCUT2D eigenvalue weighted by atomic mass is 10.2. The van der Waals surface area contributed by atoms with Gasteiger partial charge in [0.05, 0.1) is 11.0 Å². The van der Waals surface area contributed by atoms with Crippen molar-refractivity contribution in [1.82, 2.24) is 14.9 Å². The summed E-state index contributed by atoms with van der Waals surface area (Å²) in [6.07, 6.45) is 1.52. The Morgan fingerprint density at radius 3 is 2.67 bits per heavy atom. The van der Waals surface area contributed by atoms with Gasteiger partial charge in [-0.2, -0.15) is 0 Å². The summed E-state index contributed by atoms with van der Waals surface area (Å²) in [7, 11) is 2.08. The van der Waals surface area contributed by atoms with Crippen LogP contribution in [-0.2, 0) is 0 Å². The van der Waals surface area contributed by atoms with Crippen molar-refractivity contribution < 1.29 is 4.92 Å². The molecule has 0 aromatic carbocycles. The van der Waals surface area contributed by atoms with E-state index in [1.165, 1.54) is 12.3 Å². The number of nitrogens with one attached hydrogen (secondary N) is 1. The van der Waals surface area contributed by atoms with Crippen molar-refractivity contribution in [2.24, 2.45) is 0 Å². The molecule has 7 heteroatoms. The molecule has 0 saturated carbocycles. The summed E-state index contributed by atoms with van der Waals surface area (Å²) in [6.45, 7) is 5.38. The van der Waals surface area contributed by atoms with E-state index in [4.69, 9.17) is 0 Å². The van der Waals surface area contributed by atoms with Gasteiger partial charge in [-0.25, -0.2) is 9.99 Å². The van der Waals surface area contributed by atoms with E-state index in [-0.39, 0.29) is 10.6 Å². The molecule has 0 unspecified atom stereocenters. The third-order valence-electron chi connectivity index (χ3n) is 3.05. The Hall–Kier alpha value is -1.73. The first-order chi connectivity index (χ1) is 8.56. The summed E-state index contributed by atoms with van der Waals surface area (Å²) in [5, 5.41) is 12.9. The number of nitro groups is 1. The molecule has 0 radical (unpaired) electrons. The van der Waals surface area contributed by atoms with E-state index < -0.39 is 0 Å². The highest BCUT2D eigenvalue weighted by molar-refractivity contribution is 5.48. The second-order valence-corrected chi connectivity index (χ2v) is 4.52. The Kier molecular flexibility index (Phi) is 3.73. The van der Waals surface area contributed by atoms with Crippen molar-refractivity contribution in [3.8, 4) is 0 Å². The van der Waals surface area contributed by atoms with E-state index in [1.54, 1.807) is 6.92 Å². The van der Waals surface area contributed by atoms with Crippen LogP contribution in [0.5, 0.6) is 0 Å². The smallest absolute Gasteiger partial charge is 0.277 e. The fraction of sp³-hybridized carbons (Fsp3) is 0.545. The largest absolute Gasteiger partial charge is 0.304 e. The average Bonchev–Trinajstić information content (AvgIpc) is 2.34. The standard InChI is InChI=1S/C11H17N5O2/c1-9-8-12-11(7-10(9)16(17)18)13-15-5-3-14(2)4-6-15/h7-8H,3-6H2,1-2H3,(H,12,13). The fourth-order valence-corrected chi connectivity index (χ4v) is 1.85. The van der Waals surface area contributed by atoms with E-state index in [2.05, 4.69) is 22.4 Å². The molecule has 0 spiro atoms. The van der Waals surface area contributed by atoms with Crippen LogP contribution in [0.4, 0.5) is 11.5 Å². The molecule has 0 aliphatic carbocycles. The zero-order valence-corrected chi connectivity index (χ0v) is 10.6. The highest BCUT2D eigenvalue weighted by atomic mass is 16.6. The zero-order valence-electron chi connectivity index (χ0n) is 10.6. The molecule has 0 bridgehead atoms. The Labute approximate surface area is 106 Å². The van der Waals surface area contributed by atoms with Crippen molar-refractivity contribution in [1.29, 1.82) is 0 Å². The van der Waals surface area contributed by atoms with E-state index in [1.807, 2.05) is 5.01 Å². The number of hydrogen-bond acceptors (Lipinski definition) is 6. The van der Waals surface area contributed by atoms with Gasteiger partial charge in [0, 0.05) is 37.9 Å². The zero-order chi connectivity index (χ0) is 13.1. The molecule has 98 valence electrons. The lowest BCUT2D eigenvalue weighted by molar-refractivity contribution is -0.385. The summed E-state index contributed by atoms with van der Waals surface area (Å²) in [6, 6.07) is 1.48. The molecule has 1 fully saturated rings. The van der Waals surface area contributed by atoms with E-state index >= 15 is 0 Å². The molecule has 0 amide bonds. The number of nitrogens with zero attached hydrogens (tertiary/aromatic N) is 4. The van der Waals surface area contributed by atoms with Crippen molar-refractivity contribution >= 4 is 11.5 Å². The quantitative estimate of drug-likeness (QED) is 0.634. The third kappa shape index (κ3) is 2.93. The van der Waals surface area contributed by atoms with Crippen LogP contribution in [-0.4, -0.2) is 53.0 Å². The number of aryl methyl sites for hydroxylation is 1. The first kappa shape index (κ1) is 12.7. The highest BCUT2D eigenvalue weighted by Gasteiger charge is 2.16. The van der Waals surface area contributed by atoms with Crippen LogP contribution in [0.25, 0.3) is 0 Å². The predicted octanol–water partition coefficient (Wildman–Crippen LogP) is 0.873. The summed E-state index contributed by atoms with van der Waals surface area (Å²) in [4.78, 5) is 16.9. The first-order valence-electron chi connectivity index (χ1n) is 5.87. The van der Waals surface area contributed by atoms with Crippen molar-refractivity contribution in [3.05, 3.63) is 27.9 Å². The Morgan fingerprint density at radius 2 is 2.06 bits per heavy atom. The Morgan fingerprint density at radius 1 is 1.39 bits per heavy atom.